The Morgan fingerprint density at radius 2 is 1.90 bits per heavy atom. The first-order valence-corrected chi connectivity index (χ1v) is 10.1. The summed E-state index contributed by atoms with van der Waals surface area (Å²) in [5, 5.41) is 4.21. The molecule has 1 fully saturated rings. The number of benzene rings is 2. The molecule has 0 atom stereocenters. The van der Waals surface area contributed by atoms with Crippen molar-refractivity contribution in [3.05, 3.63) is 59.7 Å². The largest absolute Gasteiger partial charge is 0.497 e. The molecule has 0 bridgehead atoms. The third-order valence-electron chi connectivity index (χ3n) is 5.67. The lowest BCUT2D eigenvalue weighted by molar-refractivity contribution is -0.112. The Morgan fingerprint density at radius 1 is 1.14 bits per heavy atom. The molecule has 1 N–H and O–H groups in total. The Balaban J connectivity index is 1.61. The van der Waals surface area contributed by atoms with Gasteiger partial charge in [0.15, 0.2) is 5.71 Å². The first-order valence-electron chi connectivity index (χ1n) is 10.1. The van der Waals surface area contributed by atoms with Gasteiger partial charge < -0.3 is 9.64 Å². The molecule has 1 heterocycles. The maximum atomic E-state index is 13.2. The number of hydrazone groups is 1. The molecule has 1 aliphatic carbocycles. The standard InChI is InChI=1S/C23H25N3O3/c1-29-18-12-13-19-20(14-18)26(15-16-8-4-2-5-9-16)23(28)21(19)24-25-22(27)17-10-6-3-7-11-17/h3,6-7,10-14,16H,2,4-5,8-9,15H2,1H3,(H,25,27). The molecule has 0 radical (unpaired) electrons. The van der Waals surface area contributed by atoms with Crippen molar-refractivity contribution in [2.75, 3.05) is 18.6 Å². The number of ether oxygens (including phenoxy) is 1. The number of anilines is 1. The van der Waals surface area contributed by atoms with E-state index in [0.29, 0.717) is 23.8 Å². The van der Waals surface area contributed by atoms with E-state index in [1.54, 1.807) is 36.3 Å². The van der Waals surface area contributed by atoms with Crippen LogP contribution in [0.15, 0.2) is 53.6 Å². The van der Waals surface area contributed by atoms with Gasteiger partial charge in [-0.1, -0.05) is 37.5 Å². The van der Waals surface area contributed by atoms with E-state index in [4.69, 9.17) is 4.74 Å². The van der Waals surface area contributed by atoms with Gasteiger partial charge in [0.2, 0.25) is 0 Å². The normalized spacial score (nSPS) is 18.0. The lowest BCUT2D eigenvalue weighted by atomic mass is 9.89. The van der Waals surface area contributed by atoms with E-state index >= 15 is 0 Å². The van der Waals surface area contributed by atoms with Gasteiger partial charge in [-0.05, 0) is 43.0 Å². The van der Waals surface area contributed by atoms with E-state index in [1.165, 1.54) is 19.3 Å². The van der Waals surface area contributed by atoms with Crippen LogP contribution in [0.5, 0.6) is 5.75 Å². The highest BCUT2D eigenvalue weighted by Crippen LogP contribution is 2.35. The van der Waals surface area contributed by atoms with E-state index in [0.717, 1.165) is 24.1 Å². The molecule has 29 heavy (non-hydrogen) atoms. The fraction of sp³-hybridized carbons (Fsp3) is 0.348. The second-order valence-electron chi connectivity index (χ2n) is 7.57. The molecule has 150 valence electrons. The van der Waals surface area contributed by atoms with Crippen molar-refractivity contribution in [3.8, 4) is 5.75 Å². The van der Waals surface area contributed by atoms with Crippen LogP contribution in [0.4, 0.5) is 5.69 Å². The van der Waals surface area contributed by atoms with Crippen LogP contribution in [0.3, 0.4) is 0 Å². The van der Waals surface area contributed by atoms with E-state index in [1.807, 2.05) is 24.3 Å². The molecular weight excluding hydrogens is 366 g/mol. The van der Waals surface area contributed by atoms with Crippen LogP contribution in [0.25, 0.3) is 0 Å². The number of hydrogen-bond donors (Lipinski definition) is 1. The topological polar surface area (TPSA) is 71.0 Å². The summed E-state index contributed by atoms with van der Waals surface area (Å²) in [6, 6.07) is 14.4. The van der Waals surface area contributed by atoms with Crippen molar-refractivity contribution < 1.29 is 14.3 Å². The Morgan fingerprint density at radius 3 is 2.62 bits per heavy atom. The molecular formula is C23H25N3O3. The number of nitrogens with zero attached hydrogens (tertiary/aromatic N) is 2. The summed E-state index contributed by atoms with van der Waals surface area (Å²) in [5.74, 6) is 0.670. The predicted molar refractivity (Wildman–Crippen MR) is 112 cm³/mol. The summed E-state index contributed by atoms with van der Waals surface area (Å²) in [6.45, 7) is 0.671. The van der Waals surface area contributed by atoms with Crippen molar-refractivity contribution >= 4 is 23.2 Å². The molecule has 6 nitrogen and oxygen atoms in total. The van der Waals surface area contributed by atoms with Crippen LogP contribution < -0.4 is 15.1 Å². The zero-order chi connectivity index (χ0) is 20.2. The van der Waals surface area contributed by atoms with Gasteiger partial charge in [0.1, 0.15) is 5.75 Å². The summed E-state index contributed by atoms with van der Waals surface area (Å²) in [7, 11) is 1.61. The minimum Gasteiger partial charge on any atom is -0.497 e. The van der Waals surface area contributed by atoms with Crippen molar-refractivity contribution in [3.63, 3.8) is 0 Å². The van der Waals surface area contributed by atoms with Crippen molar-refractivity contribution in [2.24, 2.45) is 11.0 Å². The Labute approximate surface area is 170 Å². The highest BCUT2D eigenvalue weighted by Gasteiger charge is 2.36. The van der Waals surface area contributed by atoms with Gasteiger partial charge >= 0.3 is 0 Å². The number of carbonyl (C=O) groups excluding carboxylic acids is 2. The number of hydrogen-bond acceptors (Lipinski definition) is 4. The highest BCUT2D eigenvalue weighted by atomic mass is 16.5. The van der Waals surface area contributed by atoms with Crippen LogP contribution in [0.1, 0.15) is 48.0 Å². The second-order valence-corrected chi connectivity index (χ2v) is 7.57. The quantitative estimate of drug-likeness (QED) is 0.789. The average molecular weight is 391 g/mol. The van der Waals surface area contributed by atoms with Gasteiger partial charge in [-0.3, -0.25) is 9.59 Å². The first-order chi connectivity index (χ1) is 14.2. The maximum absolute atomic E-state index is 13.2. The van der Waals surface area contributed by atoms with Crippen molar-refractivity contribution in [1.29, 1.82) is 0 Å². The Hall–Kier alpha value is -3.15. The summed E-state index contributed by atoms with van der Waals surface area (Å²) in [6.07, 6.45) is 5.98. The third-order valence-corrected chi connectivity index (χ3v) is 5.67. The van der Waals surface area contributed by atoms with Gasteiger partial charge in [0.25, 0.3) is 11.8 Å². The minimum absolute atomic E-state index is 0.174. The lowest BCUT2D eigenvalue weighted by Gasteiger charge is -2.27. The maximum Gasteiger partial charge on any atom is 0.279 e. The van der Waals surface area contributed by atoms with Crippen LogP contribution in [-0.2, 0) is 4.79 Å². The Bertz CT molecular complexity index is 934. The number of amides is 2. The molecule has 0 saturated heterocycles. The van der Waals surface area contributed by atoms with Gasteiger partial charge in [-0.15, -0.1) is 0 Å². The third kappa shape index (κ3) is 4.01. The van der Waals surface area contributed by atoms with E-state index in [9.17, 15) is 9.59 Å². The molecule has 0 unspecified atom stereocenters. The van der Waals surface area contributed by atoms with Crippen molar-refractivity contribution in [1.82, 2.24) is 5.43 Å². The summed E-state index contributed by atoms with van der Waals surface area (Å²) in [4.78, 5) is 27.3. The minimum atomic E-state index is -0.341. The molecule has 2 aromatic rings. The molecule has 4 rings (SSSR count). The molecule has 1 saturated carbocycles. The lowest BCUT2D eigenvalue weighted by Crippen LogP contribution is -2.36. The second kappa shape index (κ2) is 8.47. The van der Waals surface area contributed by atoms with E-state index < -0.39 is 0 Å². The summed E-state index contributed by atoms with van der Waals surface area (Å²) < 4.78 is 5.36. The number of fused-ring (bicyclic) bond motifs is 1. The average Bonchev–Trinajstić information content (AvgIpc) is 3.03. The molecule has 6 heteroatoms. The number of methoxy groups -OCH3 is 1. The van der Waals surface area contributed by atoms with Gasteiger partial charge in [0, 0.05) is 23.7 Å². The fourth-order valence-electron chi connectivity index (χ4n) is 4.09. The molecule has 2 amide bonds. The number of rotatable bonds is 5. The highest BCUT2D eigenvalue weighted by molar-refractivity contribution is 6.54. The molecule has 0 aromatic heterocycles. The van der Waals surface area contributed by atoms with Crippen LogP contribution in [-0.4, -0.2) is 31.2 Å². The summed E-state index contributed by atoms with van der Waals surface area (Å²) >= 11 is 0. The number of nitrogens with one attached hydrogen (secondary N) is 1. The predicted octanol–water partition coefficient (Wildman–Crippen LogP) is 3.76. The van der Waals surface area contributed by atoms with Crippen LogP contribution >= 0.6 is 0 Å². The number of carbonyl (C=O) groups is 2. The smallest absolute Gasteiger partial charge is 0.279 e. The van der Waals surface area contributed by atoms with E-state index in [-0.39, 0.29) is 17.5 Å². The SMILES string of the molecule is COc1ccc2c(c1)N(CC1CCCCC1)C(=O)C2=NNC(=O)c1ccccc1. The first kappa shape index (κ1) is 19.2. The monoisotopic (exact) mass is 391 g/mol. The summed E-state index contributed by atoms with van der Waals surface area (Å²) in [5.41, 5.74) is 4.82. The van der Waals surface area contributed by atoms with Crippen LogP contribution in [0, 0.1) is 5.92 Å². The van der Waals surface area contributed by atoms with Crippen molar-refractivity contribution in [2.45, 2.75) is 32.1 Å². The molecule has 2 aromatic carbocycles. The van der Waals surface area contributed by atoms with Gasteiger partial charge in [0.05, 0.1) is 12.8 Å². The molecule has 0 spiro atoms. The zero-order valence-electron chi connectivity index (χ0n) is 16.6. The Kier molecular flexibility index (Phi) is 5.60. The molecule has 1 aliphatic heterocycles. The van der Waals surface area contributed by atoms with Gasteiger partial charge in [-0.2, -0.15) is 5.10 Å². The zero-order valence-corrected chi connectivity index (χ0v) is 16.6. The fourth-order valence-corrected chi connectivity index (χ4v) is 4.09. The van der Waals surface area contributed by atoms with Crippen LogP contribution in [0.2, 0.25) is 0 Å². The van der Waals surface area contributed by atoms with Gasteiger partial charge in [-0.25, -0.2) is 5.43 Å². The molecule has 2 aliphatic rings. The van der Waals surface area contributed by atoms with E-state index in [2.05, 4.69) is 10.5 Å².